The molecule has 2 rings (SSSR count). The van der Waals surface area contributed by atoms with E-state index < -0.39 is 11.7 Å². The number of aryl methyl sites for hydroxylation is 1. The van der Waals surface area contributed by atoms with E-state index in [1.165, 1.54) is 6.20 Å². The number of ether oxygens (including phenoxy) is 1. The largest absolute Gasteiger partial charge is 0.489 e. The lowest BCUT2D eigenvalue weighted by molar-refractivity contribution is -0.138. The van der Waals surface area contributed by atoms with Gasteiger partial charge in [-0.3, -0.25) is 4.98 Å². The number of aromatic nitrogens is 1. The first-order chi connectivity index (χ1) is 7.50. The topological polar surface area (TPSA) is 22.1 Å². The zero-order valence-corrected chi connectivity index (χ0v) is 8.84. The molecule has 0 aromatic carbocycles. The number of nitrogens with zero attached hydrogens (tertiary/aromatic N) is 1. The predicted molar refractivity (Wildman–Crippen MR) is 52.3 cm³/mol. The van der Waals surface area contributed by atoms with Crippen molar-refractivity contribution in [2.45, 2.75) is 38.5 Å². The lowest BCUT2D eigenvalue weighted by Crippen LogP contribution is -2.11. The monoisotopic (exact) mass is 231 g/mol. The molecule has 0 spiro atoms. The summed E-state index contributed by atoms with van der Waals surface area (Å²) >= 11 is 0. The number of rotatable bonds is 3. The van der Waals surface area contributed by atoms with Crippen molar-refractivity contribution in [2.24, 2.45) is 0 Å². The van der Waals surface area contributed by atoms with Crippen LogP contribution in [0.3, 0.4) is 0 Å². The Hall–Kier alpha value is -1.26. The van der Waals surface area contributed by atoms with Crippen LogP contribution in [0.15, 0.2) is 12.3 Å². The van der Waals surface area contributed by atoms with E-state index in [0.29, 0.717) is 0 Å². The molecule has 5 heteroatoms. The SMILES string of the molecule is CCc1ncc(OC2CC2)cc1C(F)(F)F. The van der Waals surface area contributed by atoms with Gasteiger partial charge in [0.15, 0.2) is 0 Å². The zero-order valence-electron chi connectivity index (χ0n) is 8.84. The highest BCUT2D eigenvalue weighted by molar-refractivity contribution is 5.32. The molecule has 1 aromatic rings. The first kappa shape index (κ1) is 11.2. The smallest absolute Gasteiger partial charge is 0.418 e. The van der Waals surface area contributed by atoms with Crippen molar-refractivity contribution in [3.8, 4) is 5.75 Å². The third-order valence-corrected chi connectivity index (χ3v) is 2.41. The fourth-order valence-corrected chi connectivity index (χ4v) is 1.44. The Labute approximate surface area is 91.4 Å². The normalized spacial score (nSPS) is 16.2. The lowest BCUT2D eigenvalue weighted by atomic mass is 10.1. The molecule has 2 nitrogen and oxygen atoms in total. The summed E-state index contributed by atoms with van der Waals surface area (Å²) in [6, 6.07) is 1.05. The predicted octanol–water partition coefficient (Wildman–Crippen LogP) is 3.20. The Morgan fingerprint density at radius 1 is 1.44 bits per heavy atom. The molecule has 0 N–H and O–H groups in total. The summed E-state index contributed by atoms with van der Waals surface area (Å²) in [5.41, 5.74) is -0.621. The van der Waals surface area contributed by atoms with Crippen molar-refractivity contribution >= 4 is 0 Å². The van der Waals surface area contributed by atoms with Gasteiger partial charge in [0.2, 0.25) is 0 Å². The number of pyridine rings is 1. The van der Waals surface area contributed by atoms with Crippen LogP contribution >= 0.6 is 0 Å². The molecule has 1 fully saturated rings. The molecular weight excluding hydrogens is 219 g/mol. The summed E-state index contributed by atoms with van der Waals surface area (Å²) in [6.45, 7) is 1.65. The number of halogens is 3. The quantitative estimate of drug-likeness (QED) is 0.796. The average molecular weight is 231 g/mol. The Bertz CT molecular complexity index is 385. The van der Waals surface area contributed by atoms with Gasteiger partial charge in [-0.1, -0.05) is 6.92 Å². The summed E-state index contributed by atoms with van der Waals surface area (Å²) in [5.74, 6) is 0.215. The molecule has 0 amide bonds. The van der Waals surface area contributed by atoms with E-state index in [1.807, 2.05) is 0 Å². The van der Waals surface area contributed by atoms with Crippen molar-refractivity contribution in [2.75, 3.05) is 0 Å². The van der Waals surface area contributed by atoms with Crippen LogP contribution in [0.4, 0.5) is 13.2 Å². The number of alkyl halides is 3. The van der Waals surface area contributed by atoms with Crippen molar-refractivity contribution in [3.05, 3.63) is 23.5 Å². The molecule has 1 heterocycles. The second-order valence-electron chi connectivity index (χ2n) is 3.83. The summed E-state index contributed by atoms with van der Waals surface area (Å²) in [7, 11) is 0. The van der Waals surface area contributed by atoms with Crippen LogP contribution < -0.4 is 4.74 Å². The zero-order chi connectivity index (χ0) is 11.8. The Balaban J connectivity index is 2.29. The summed E-state index contributed by atoms with van der Waals surface area (Å²) < 4.78 is 43.3. The van der Waals surface area contributed by atoms with Gasteiger partial charge in [-0.25, -0.2) is 0 Å². The van der Waals surface area contributed by atoms with Crippen molar-refractivity contribution in [1.29, 1.82) is 0 Å². The molecule has 1 aromatic heterocycles. The highest BCUT2D eigenvalue weighted by Crippen LogP contribution is 2.35. The van der Waals surface area contributed by atoms with Crippen LogP contribution in [0.25, 0.3) is 0 Å². The molecule has 88 valence electrons. The Morgan fingerprint density at radius 2 is 2.12 bits per heavy atom. The van der Waals surface area contributed by atoms with Gasteiger partial charge >= 0.3 is 6.18 Å². The standard InChI is InChI=1S/C11H12F3NO/c1-2-10-9(11(12,13)14)5-8(6-15-10)16-7-3-4-7/h5-7H,2-4H2,1H3. The second kappa shape index (κ2) is 3.96. The molecule has 0 saturated heterocycles. The van der Waals surface area contributed by atoms with Gasteiger partial charge in [-0.05, 0) is 25.3 Å². The summed E-state index contributed by atoms with van der Waals surface area (Å²) in [5, 5.41) is 0. The van der Waals surface area contributed by atoms with Gasteiger partial charge in [0.25, 0.3) is 0 Å². The molecule has 0 bridgehead atoms. The van der Waals surface area contributed by atoms with E-state index in [2.05, 4.69) is 4.98 Å². The molecule has 0 aliphatic heterocycles. The van der Waals surface area contributed by atoms with Gasteiger partial charge < -0.3 is 4.74 Å². The molecular formula is C11H12F3NO. The van der Waals surface area contributed by atoms with Crippen LogP contribution in [-0.2, 0) is 12.6 Å². The minimum Gasteiger partial charge on any atom is -0.489 e. The van der Waals surface area contributed by atoms with Crippen LogP contribution in [-0.4, -0.2) is 11.1 Å². The third kappa shape index (κ3) is 2.46. The maximum atomic E-state index is 12.7. The van der Waals surface area contributed by atoms with Gasteiger partial charge in [-0.2, -0.15) is 13.2 Å². The van der Waals surface area contributed by atoms with Gasteiger partial charge in [0.05, 0.1) is 23.6 Å². The van der Waals surface area contributed by atoms with Crippen LogP contribution in [0.2, 0.25) is 0 Å². The van der Waals surface area contributed by atoms with Crippen LogP contribution in [0, 0.1) is 0 Å². The van der Waals surface area contributed by atoms with Crippen LogP contribution in [0.1, 0.15) is 31.0 Å². The fraction of sp³-hybridized carbons (Fsp3) is 0.545. The third-order valence-electron chi connectivity index (χ3n) is 2.41. The summed E-state index contributed by atoms with van der Waals surface area (Å²) in [4.78, 5) is 3.80. The van der Waals surface area contributed by atoms with E-state index in [9.17, 15) is 13.2 Å². The minimum absolute atomic E-state index is 0.0654. The molecule has 0 radical (unpaired) electrons. The first-order valence-corrected chi connectivity index (χ1v) is 5.23. The van der Waals surface area contributed by atoms with E-state index in [4.69, 9.17) is 4.74 Å². The second-order valence-corrected chi connectivity index (χ2v) is 3.83. The van der Waals surface area contributed by atoms with Crippen molar-refractivity contribution < 1.29 is 17.9 Å². The van der Waals surface area contributed by atoms with Gasteiger partial charge in [0.1, 0.15) is 5.75 Å². The van der Waals surface area contributed by atoms with E-state index >= 15 is 0 Å². The van der Waals surface area contributed by atoms with Crippen LogP contribution in [0.5, 0.6) is 5.75 Å². The molecule has 0 unspecified atom stereocenters. The van der Waals surface area contributed by atoms with E-state index in [-0.39, 0.29) is 24.0 Å². The molecule has 1 saturated carbocycles. The maximum absolute atomic E-state index is 12.7. The van der Waals surface area contributed by atoms with E-state index in [0.717, 1.165) is 18.9 Å². The fourth-order valence-electron chi connectivity index (χ4n) is 1.44. The van der Waals surface area contributed by atoms with Gasteiger partial charge in [-0.15, -0.1) is 0 Å². The Kier molecular flexibility index (Phi) is 2.78. The highest BCUT2D eigenvalue weighted by atomic mass is 19.4. The lowest BCUT2D eigenvalue weighted by Gasteiger charge is -2.12. The van der Waals surface area contributed by atoms with Crippen molar-refractivity contribution in [3.63, 3.8) is 0 Å². The van der Waals surface area contributed by atoms with Crippen molar-refractivity contribution in [1.82, 2.24) is 4.98 Å². The Morgan fingerprint density at radius 3 is 2.62 bits per heavy atom. The maximum Gasteiger partial charge on any atom is 0.418 e. The molecule has 1 aliphatic rings. The molecule has 16 heavy (non-hydrogen) atoms. The number of hydrogen-bond donors (Lipinski definition) is 0. The number of hydrogen-bond acceptors (Lipinski definition) is 2. The van der Waals surface area contributed by atoms with E-state index in [1.54, 1.807) is 6.92 Å². The first-order valence-electron chi connectivity index (χ1n) is 5.23. The average Bonchev–Trinajstić information content (AvgIpc) is 3.00. The minimum atomic E-state index is -4.36. The molecule has 0 atom stereocenters. The van der Waals surface area contributed by atoms with Gasteiger partial charge in [0, 0.05) is 0 Å². The summed E-state index contributed by atoms with van der Waals surface area (Å²) in [6.07, 6.45) is -0.824. The molecule has 1 aliphatic carbocycles. The highest BCUT2D eigenvalue weighted by Gasteiger charge is 2.34.